The minimum atomic E-state index is -3.59. The second kappa shape index (κ2) is 9.78. The number of amides is 1. The number of anilines is 1. The van der Waals surface area contributed by atoms with E-state index in [1.54, 1.807) is 12.1 Å². The SMILES string of the molecule is CC(C)CCC(=O)Nc1cccc(S(=O)(=O)NCCN)c1.Cl. The van der Waals surface area contributed by atoms with Crippen LogP contribution in [0.1, 0.15) is 26.7 Å². The molecule has 0 aliphatic heterocycles. The van der Waals surface area contributed by atoms with Crippen LogP contribution in [-0.4, -0.2) is 27.4 Å². The minimum absolute atomic E-state index is 0. The first-order valence-electron chi connectivity index (χ1n) is 6.95. The van der Waals surface area contributed by atoms with Crippen LogP contribution < -0.4 is 15.8 Å². The van der Waals surface area contributed by atoms with Crippen molar-refractivity contribution in [1.82, 2.24) is 4.72 Å². The maximum Gasteiger partial charge on any atom is 0.240 e. The predicted molar refractivity (Wildman–Crippen MR) is 90.6 cm³/mol. The van der Waals surface area contributed by atoms with Crippen molar-refractivity contribution in [2.24, 2.45) is 11.7 Å². The minimum Gasteiger partial charge on any atom is -0.329 e. The summed E-state index contributed by atoms with van der Waals surface area (Å²) in [5, 5.41) is 2.71. The van der Waals surface area contributed by atoms with E-state index in [0.29, 0.717) is 18.0 Å². The fourth-order valence-electron chi connectivity index (χ4n) is 1.66. The van der Waals surface area contributed by atoms with Crippen LogP contribution in [0.15, 0.2) is 29.2 Å². The van der Waals surface area contributed by atoms with E-state index in [-0.39, 0.29) is 36.3 Å². The monoisotopic (exact) mass is 349 g/mol. The summed E-state index contributed by atoms with van der Waals surface area (Å²) in [6, 6.07) is 6.17. The molecule has 126 valence electrons. The van der Waals surface area contributed by atoms with Gasteiger partial charge in [-0.3, -0.25) is 4.79 Å². The average Bonchev–Trinajstić information content (AvgIpc) is 2.43. The van der Waals surface area contributed by atoms with Gasteiger partial charge in [-0.25, -0.2) is 13.1 Å². The molecule has 0 aromatic heterocycles. The lowest BCUT2D eigenvalue weighted by atomic mass is 10.1. The summed E-state index contributed by atoms with van der Waals surface area (Å²) >= 11 is 0. The van der Waals surface area contributed by atoms with Crippen LogP contribution >= 0.6 is 12.4 Å². The lowest BCUT2D eigenvalue weighted by molar-refractivity contribution is -0.116. The van der Waals surface area contributed by atoms with Crippen LogP contribution in [0.5, 0.6) is 0 Å². The Bertz CT molecular complexity index is 576. The lowest BCUT2D eigenvalue weighted by Crippen LogP contribution is -2.29. The molecule has 8 heteroatoms. The summed E-state index contributed by atoms with van der Waals surface area (Å²) in [6.07, 6.45) is 1.21. The number of rotatable bonds is 8. The Kier molecular flexibility index (Phi) is 9.27. The zero-order valence-electron chi connectivity index (χ0n) is 12.8. The molecular weight excluding hydrogens is 326 g/mol. The number of sulfonamides is 1. The van der Waals surface area contributed by atoms with E-state index in [2.05, 4.69) is 10.0 Å². The van der Waals surface area contributed by atoms with Crippen molar-refractivity contribution in [3.05, 3.63) is 24.3 Å². The molecule has 0 saturated heterocycles. The van der Waals surface area contributed by atoms with Gasteiger partial charge in [-0.05, 0) is 30.5 Å². The number of benzene rings is 1. The largest absolute Gasteiger partial charge is 0.329 e. The van der Waals surface area contributed by atoms with Crippen LogP contribution in [0.25, 0.3) is 0 Å². The van der Waals surface area contributed by atoms with Crippen LogP contribution in [-0.2, 0) is 14.8 Å². The second-order valence-corrected chi connectivity index (χ2v) is 6.96. The summed E-state index contributed by atoms with van der Waals surface area (Å²) in [4.78, 5) is 11.9. The first-order chi connectivity index (χ1) is 9.85. The third kappa shape index (κ3) is 7.22. The summed E-state index contributed by atoms with van der Waals surface area (Å²) in [7, 11) is -3.59. The van der Waals surface area contributed by atoms with E-state index in [4.69, 9.17) is 5.73 Å². The lowest BCUT2D eigenvalue weighted by Gasteiger charge is -2.09. The Morgan fingerprint density at radius 2 is 2.00 bits per heavy atom. The third-order valence-electron chi connectivity index (χ3n) is 2.81. The van der Waals surface area contributed by atoms with Crippen molar-refractivity contribution in [3.63, 3.8) is 0 Å². The smallest absolute Gasteiger partial charge is 0.240 e. The molecule has 0 saturated carbocycles. The van der Waals surface area contributed by atoms with Gasteiger partial charge in [0.05, 0.1) is 4.90 Å². The molecule has 6 nitrogen and oxygen atoms in total. The topological polar surface area (TPSA) is 101 Å². The molecule has 0 aliphatic rings. The molecule has 22 heavy (non-hydrogen) atoms. The molecule has 1 aromatic rings. The first kappa shape index (κ1) is 20.9. The van der Waals surface area contributed by atoms with Crippen molar-refractivity contribution in [2.75, 3.05) is 18.4 Å². The number of hydrogen-bond donors (Lipinski definition) is 3. The summed E-state index contributed by atoms with van der Waals surface area (Å²) in [6.45, 7) is 4.49. The number of carbonyl (C=O) groups excluding carboxylic acids is 1. The summed E-state index contributed by atoms with van der Waals surface area (Å²) in [5.41, 5.74) is 5.75. The first-order valence-corrected chi connectivity index (χ1v) is 8.43. The zero-order chi connectivity index (χ0) is 15.9. The molecule has 1 aromatic carbocycles. The number of halogens is 1. The Balaban J connectivity index is 0.00000441. The molecular formula is C14H24ClN3O3S. The molecule has 0 heterocycles. The van der Waals surface area contributed by atoms with Crippen LogP contribution in [0.3, 0.4) is 0 Å². The second-order valence-electron chi connectivity index (χ2n) is 5.19. The molecule has 4 N–H and O–H groups in total. The molecule has 0 fully saturated rings. The van der Waals surface area contributed by atoms with Gasteiger partial charge in [0.15, 0.2) is 0 Å². The molecule has 0 aliphatic carbocycles. The standard InChI is InChI=1S/C14H23N3O3S.ClH/c1-11(2)6-7-14(18)17-12-4-3-5-13(10-12)21(19,20)16-9-8-15;/h3-5,10-11,16H,6-9,15H2,1-2H3,(H,17,18);1H. The molecule has 0 radical (unpaired) electrons. The molecule has 1 amide bonds. The van der Waals surface area contributed by atoms with E-state index < -0.39 is 10.0 Å². The molecule has 0 unspecified atom stereocenters. The van der Waals surface area contributed by atoms with Gasteiger partial charge in [0, 0.05) is 25.2 Å². The summed E-state index contributed by atoms with van der Waals surface area (Å²) in [5.74, 6) is 0.330. The fraction of sp³-hybridized carbons (Fsp3) is 0.500. The maximum atomic E-state index is 12.0. The zero-order valence-corrected chi connectivity index (χ0v) is 14.5. The average molecular weight is 350 g/mol. The highest BCUT2D eigenvalue weighted by Crippen LogP contribution is 2.16. The van der Waals surface area contributed by atoms with Crippen LogP contribution in [0, 0.1) is 5.92 Å². The number of nitrogens with two attached hydrogens (primary N) is 1. The van der Waals surface area contributed by atoms with E-state index in [1.165, 1.54) is 12.1 Å². The van der Waals surface area contributed by atoms with Gasteiger partial charge in [-0.2, -0.15) is 0 Å². The van der Waals surface area contributed by atoms with Gasteiger partial charge >= 0.3 is 0 Å². The van der Waals surface area contributed by atoms with Crippen molar-refractivity contribution in [1.29, 1.82) is 0 Å². The number of nitrogens with one attached hydrogen (secondary N) is 2. The van der Waals surface area contributed by atoms with Crippen LogP contribution in [0.4, 0.5) is 5.69 Å². The van der Waals surface area contributed by atoms with Crippen molar-refractivity contribution < 1.29 is 13.2 Å². The van der Waals surface area contributed by atoms with Crippen LogP contribution in [0.2, 0.25) is 0 Å². The molecule has 0 spiro atoms. The molecule has 0 atom stereocenters. The van der Waals surface area contributed by atoms with Gasteiger partial charge in [-0.1, -0.05) is 19.9 Å². The number of hydrogen-bond acceptors (Lipinski definition) is 4. The van der Waals surface area contributed by atoms with Gasteiger partial charge in [0.1, 0.15) is 0 Å². The van der Waals surface area contributed by atoms with E-state index in [1.807, 2.05) is 13.8 Å². The number of carbonyl (C=O) groups is 1. The normalized spacial score (nSPS) is 11.1. The van der Waals surface area contributed by atoms with E-state index in [9.17, 15) is 13.2 Å². The molecule has 0 bridgehead atoms. The van der Waals surface area contributed by atoms with Crippen molar-refractivity contribution in [3.8, 4) is 0 Å². The highest BCUT2D eigenvalue weighted by atomic mass is 35.5. The fourth-order valence-corrected chi connectivity index (χ4v) is 2.75. The van der Waals surface area contributed by atoms with Gasteiger partial charge in [0.25, 0.3) is 0 Å². The van der Waals surface area contributed by atoms with Crippen molar-refractivity contribution in [2.45, 2.75) is 31.6 Å². The van der Waals surface area contributed by atoms with E-state index >= 15 is 0 Å². The Hall–Kier alpha value is -1.15. The van der Waals surface area contributed by atoms with Gasteiger partial charge in [-0.15, -0.1) is 12.4 Å². The van der Waals surface area contributed by atoms with Gasteiger partial charge in [0.2, 0.25) is 15.9 Å². The highest BCUT2D eigenvalue weighted by molar-refractivity contribution is 7.89. The maximum absolute atomic E-state index is 12.0. The Morgan fingerprint density at radius 3 is 2.59 bits per heavy atom. The van der Waals surface area contributed by atoms with E-state index in [0.717, 1.165) is 6.42 Å². The third-order valence-corrected chi connectivity index (χ3v) is 4.27. The summed E-state index contributed by atoms with van der Waals surface area (Å²) < 4.78 is 26.3. The Labute approximate surface area is 138 Å². The molecule has 1 rings (SSSR count). The Morgan fingerprint density at radius 1 is 1.32 bits per heavy atom. The highest BCUT2D eigenvalue weighted by Gasteiger charge is 2.14. The predicted octanol–water partition coefficient (Wildman–Crippen LogP) is 1.72. The van der Waals surface area contributed by atoms with Crippen molar-refractivity contribution >= 4 is 34.0 Å². The quantitative estimate of drug-likeness (QED) is 0.665. The van der Waals surface area contributed by atoms with Gasteiger partial charge < -0.3 is 11.1 Å².